The van der Waals surface area contributed by atoms with Crippen molar-refractivity contribution in [1.29, 1.82) is 0 Å². The lowest BCUT2D eigenvalue weighted by Crippen LogP contribution is -2.54. The minimum Gasteiger partial charge on any atom is -0.497 e. The van der Waals surface area contributed by atoms with Crippen molar-refractivity contribution in [2.24, 2.45) is 0 Å². The molecular weight excluding hydrogens is 521 g/mol. The van der Waals surface area contributed by atoms with Crippen LogP contribution in [-0.2, 0) is 26.2 Å². The normalized spacial score (nSPS) is 12.4. The van der Waals surface area contributed by atoms with Crippen LogP contribution in [-0.4, -0.2) is 50.4 Å². The van der Waals surface area contributed by atoms with Gasteiger partial charge in [-0.2, -0.15) is 0 Å². The van der Waals surface area contributed by atoms with Crippen molar-refractivity contribution in [3.8, 4) is 5.75 Å². The second kappa shape index (κ2) is 12.3. The van der Waals surface area contributed by atoms with Gasteiger partial charge in [-0.15, -0.1) is 0 Å². The first-order valence-corrected chi connectivity index (χ1v) is 13.8. The third-order valence-corrected chi connectivity index (χ3v) is 7.72. The number of nitrogens with one attached hydrogen (secondary N) is 1. The third kappa shape index (κ3) is 7.57. The highest BCUT2D eigenvalue weighted by Crippen LogP contribution is 2.26. The van der Waals surface area contributed by atoms with Crippen LogP contribution in [0.5, 0.6) is 5.75 Å². The highest BCUT2D eigenvalue weighted by molar-refractivity contribution is 7.92. The Morgan fingerprint density at radius 1 is 0.949 bits per heavy atom. The van der Waals surface area contributed by atoms with E-state index in [9.17, 15) is 22.4 Å². The number of amides is 2. The van der Waals surface area contributed by atoms with E-state index in [1.807, 2.05) is 0 Å². The first kappa shape index (κ1) is 29.6. The van der Waals surface area contributed by atoms with E-state index in [1.165, 1.54) is 61.4 Å². The van der Waals surface area contributed by atoms with Crippen LogP contribution in [0.15, 0.2) is 83.8 Å². The summed E-state index contributed by atoms with van der Waals surface area (Å²) in [5.41, 5.74) is -0.155. The molecule has 0 aliphatic heterocycles. The van der Waals surface area contributed by atoms with E-state index in [-0.39, 0.29) is 22.7 Å². The Balaban J connectivity index is 2.04. The van der Waals surface area contributed by atoms with Crippen molar-refractivity contribution in [1.82, 2.24) is 10.2 Å². The molecule has 208 valence electrons. The van der Waals surface area contributed by atoms with Crippen LogP contribution in [0.1, 0.15) is 33.3 Å². The Kier molecular flexibility index (Phi) is 9.34. The van der Waals surface area contributed by atoms with Crippen LogP contribution >= 0.6 is 0 Å². The molecule has 8 nitrogen and oxygen atoms in total. The van der Waals surface area contributed by atoms with Crippen LogP contribution in [0.3, 0.4) is 0 Å². The van der Waals surface area contributed by atoms with Crippen molar-refractivity contribution in [2.75, 3.05) is 18.0 Å². The Labute approximate surface area is 229 Å². The second-order valence-corrected chi connectivity index (χ2v) is 11.9. The number of ether oxygens (including phenoxy) is 1. The lowest BCUT2D eigenvalue weighted by atomic mass is 10.1. The molecular formula is C29H34FN3O5S. The number of halogens is 1. The fourth-order valence-electron chi connectivity index (χ4n) is 3.86. The average molecular weight is 556 g/mol. The second-order valence-electron chi connectivity index (χ2n) is 10.1. The molecule has 3 rings (SSSR count). The summed E-state index contributed by atoms with van der Waals surface area (Å²) in [4.78, 5) is 28.1. The van der Waals surface area contributed by atoms with E-state index in [0.717, 1.165) is 4.31 Å². The summed E-state index contributed by atoms with van der Waals surface area (Å²) in [5.74, 6) is -1.15. The van der Waals surface area contributed by atoms with E-state index in [0.29, 0.717) is 5.75 Å². The number of methoxy groups -OCH3 is 1. The number of nitrogens with zero attached hydrogens (tertiary/aromatic N) is 2. The summed E-state index contributed by atoms with van der Waals surface area (Å²) in [6.45, 7) is 6.09. The molecule has 0 radical (unpaired) electrons. The fourth-order valence-corrected chi connectivity index (χ4v) is 5.30. The molecule has 0 heterocycles. The molecule has 39 heavy (non-hydrogen) atoms. The number of anilines is 1. The van der Waals surface area contributed by atoms with E-state index in [4.69, 9.17) is 4.74 Å². The highest BCUT2D eigenvalue weighted by Gasteiger charge is 2.33. The summed E-state index contributed by atoms with van der Waals surface area (Å²) in [7, 11) is -2.70. The maximum atomic E-state index is 14.6. The predicted octanol–water partition coefficient (Wildman–Crippen LogP) is 4.36. The van der Waals surface area contributed by atoms with Crippen LogP contribution in [0, 0.1) is 5.82 Å². The fraction of sp³-hybridized carbons (Fsp3) is 0.310. The molecule has 0 aromatic heterocycles. The van der Waals surface area contributed by atoms with Gasteiger partial charge in [-0.1, -0.05) is 36.4 Å². The molecule has 0 saturated heterocycles. The van der Waals surface area contributed by atoms with Gasteiger partial charge in [0.05, 0.1) is 17.7 Å². The SMILES string of the molecule is COc1ccc(N(CC(=O)N(Cc2ccccc2F)[C@@H](C)C(=O)NC(C)(C)C)S(=O)(=O)c2ccccc2)cc1. The van der Waals surface area contributed by atoms with Crippen LogP contribution in [0.4, 0.5) is 10.1 Å². The number of carbonyl (C=O) groups is 2. The number of hydrogen-bond donors (Lipinski definition) is 1. The Hall–Kier alpha value is -3.92. The van der Waals surface area contributed by atoms with Gasteiger partial charge in [-0.3, -0.25) is 13.9 Å². The molecule has 0 aliphatic rings. The highest BCUT2D eigenvalue weighted by atomic mass is 32.2. The molecule has 0 aliphatic carbocycles. The predicted molar refractivity (Wildman–Crippen MR) is 148 cm³/mol. The lowest BCUT2D eigenvalue weighted by molar-refractivity contribution is -0.140. The van der Waals surface area contributed by atoms with Gasteiger partial charge >= 0.3 is 0 Å². The number of rotatable bonds is 10. The lowest BCUT2D eigenvalue weighted by Gasteiger charge is -2.33. The topological polar surface area (TPSA) is 96.0 Å². The molecule has 3 aromatic rings. The average Bonchev–Trinajstić information content (AvgIpc) is 2.90. The molecule has 1 atom stereocenters. The monoisotopic (exact) mass is 555 g/mol. The van der Waals surface area contributed by atoms with Gasteiger partial charge in [0, 0.05) is 17.6 Å². The summed E-state index contributed by atoms with van der Waals surface area (Å²) < 4.78 is 48.2. The Morgan fingerprint density at radius 2 is 1.54 bits per heavy atom. The zero-order chi connectivity index (χ0) is 28.8. The number of carbonyl (C=O) groups excluding carboxylic acids is 2. The first-order chi connectivity index (χ1) is 18.3. The molecule has 0 unspecified atom stereocenters. The number of benzene rings is 3. The summed E-state index contributed by atoms with van der Waals surface area (Å²) in [6.07, 6.45) is 0. The van der Waals surface area contributed by atoms with Crippen molar-refractivity contribution < 1.29 is 27.1 Å². The summed E-state index contributed by atoms with van der Waals surface area (Å²) in [5, 5.41) is 2.84. The van der Waals surface area contributed by atoms with Gasteiger partial charge in [0.15, 0.2) is 0 Å². The van der Waals surface area contributed by atoms with E-state index >= 15 is 0 Å². The maximum absolute atomic E-state index is 14.6. The molecule has 3 aromatic carbocycles. The molecule has 0 saturated carbocycles. The van der Waals surface area contributed by atoms with Crippen LogP contribution in [0.25, 0.3) is 0 Å². The molecule has 0 bridgehead atoms. The Bertz CT molecular complexity index is 1390. The molecule has 0 spiro atoms. The zero-order valence-corrected chi connectivity index (χ0v) is 23.5. The van der Waals surface area contributed by atoms with Gasteiger partial charge in [-0.05, 0) is 70.2 Å². The van der Waals surface area contributed by atoms with Crippen molar-refractivity contribution in [2.45, 2.75) is 50.7 Å². The van der Waals surface area contributed by atoms with Gasteiger partial charge in [0.2, 0.25) is 11.8 Å². The van der Waals surface area contributed by atoms with E-state index in [1.54, 1.807) is 57.2 Å². The maximum Gasteiger partial charge on any atom is 0.264 e. The van der Waals surface area contributed by atoms with Crippen molar-refractivity contribution in [3.05, 3.63) is 90.2 Å². The zero-order valence-electron chi connectivity index (χ0n) is 22.7. The van der Waals surface area contributed by atoms with E-state index in [2.05, 4.69) is 5.32 Å². The van der Waals surface area contributed by atoms with Gasteiger partial charge < -0.3 is 15.0 Å². The smallest absolute Gasteiger partial charge is 0.264 e. The van der Waals surface area contributed by atoms with Crippen LogP contribution < -0.4 is 14.4 Å². The third-order valence-electron chi connectivity index (χ3n) is 5.93. The largest absolute Gasteiger partial charge is 0.497 e. The van der Waals surface area contributed by atoms with Gasteiger partial charge in [-0.25, -0.2) is 12.8 Å². The number of hydrogen-bond acceptors (Lipinski definition) is 5. The molecule has 1 N–H and O–H groups in total. The minimum atomic E-state index is -4.19. The van der Waals surface area contributed by atoms with Gasteiger partial charge in [0.1, 0.15) is 24.2 Å². The van der Waals surface area contributed by atoms with Crippen molar-refractivity contribution in [3.63, 3.8) is 0 Å². The molecule has 2 amide bonds. The van der Waals surface area contributed by atoms with Crippen molar-refractivity contribution >= 4 is 27.5 Å². The summed E-state index contributed by atoms with van der Waals surface area (Å²) >= 11 is 0. The first-order valence-electron chi connectivity index (χ1n) is 12.4. The summed E-state index contributed by atoms with van der Waals surface area (Å²) in [6, 6.07) is 18.9. The minimum absolute atomic E-state index is 0.00667. The number of sulfonamides is 1. The van der Waals surface area contributed by atoms with Gasteiger partial charge in [0.25, 0.3) is 10.0 Å². The Morgan fingerprint density at radius 3 is 2.10 bits per heavy atom. The van der Waals surface area contributed by atoms with E-state index < -0.39 is 45.8 Å². The standard InChI is InChI=1S/C29H34FN3O5S/c1-21(28(35)31-29(2,3)4)32(19-22-11-9-10-14-26(22)30)27(34)20-33(23-15-17-24(38-5)18-16-23)39(36,37)25-12-7-6-8-13-25/h6-18,21H,19-20H2,1-5H3,(H,31,35)/t21-/m0/s1. The van der Waals surface area contributed by atoms with Crippen LogP contribution in [0.2, 0.25) is 0 Å². The molecule has 10 heteroatoms. The molecule has 0 fully saturated rings. The quantitative estimate of drug-likeness (QED) is 0.401.